The molecule has 104 valence electrons. The van der Waals surface area contributed by atoms with Gasteiger partial charge in [0, 0.05) is 36.8 Å². The average molecular weight is 283 g/mol. The van der Waals surface area contributed by atoms with Crippen molar-refractivity contribution in [3.05, 3.63) is 28.8 Å². The maximum atomic E-state index is 11.9. The molecule has 0 aliphatic carbocycles. The van der Waals surface area contributed by atoms with E-state index in [4.69, 9.17) is 16.3 Å². The molecule has 1 aliphatic heterocycles. The second kappa shape index (κ2) is 6.78. The van der Waals surface area contributed by atoms with Gasteiger partial charge in [-0.3, -0.25) is 4.79 Å². The predicted octanol–water partition coefficient (Wildman–Crippen LogP) is 2.31. The van der Waals surface area contributed by atoms with Crippen LogP contribution in [0.3, 0.4) is 0 Å². The molecule has 5 heteroatoms. The molecule has 1 aromatic rings. The van der Waals surface area contributed by atoms with Gasteiger partial charge in [-0.15, -0.1) is 0 Å². The minimum absolute atomic E-state index is 0.176. The summed E-state index contributed by atoms with van der Waals surface area (Å²) in [5, 5.41) is 4.00. The summed E-state index contributed by atoms with van der Waals surface area (Å²) in [6, 6.07) is 5.74. The van der Waals surface area contributed by atoms with Crippen LogP contribution in [-0.2, 0) is 9.53 Å². The van der Waals surface area contributed by atoms with Crippen molar-refractivity contribution in [3.8, 4) is 0 Å². The number of ether oxygens (including phenoxy) is 1. The van der Waals surface area contributed by atoms with Gasteiger partial charge in [-0.25, -0.2) is 0 Å². The number of amides is 1. The summed E-state index contributed by atoms with van der Waals surface area (Å²) in [4.78, 5) is 13.8. The molecule has 1 heterocycles. The molecular weight excluding hydrogens is 264 g/mol. The van der Waals surface area contributed by atoms with E-state index in [2.05, 4.69) is 5.32 Å². The van der Waals surface area contributed by atoms with Gasteiger partial charge in [0.15, 0.2) is 0 Å². The molecule has 0 radical (unpaired) electrons. The third-order valence-electron chi connectivity index (χ3n) is 3.29. The number of morpholine rings is 1. The molecule has 1 aromatic carbocycles. The van der Waals surface area contributed by atoms with E-state index in [0.717, 1.165) is 16.3 Å². The van der Waals surface area contributed by atoms with E-state index in [1.807, 2.05) is 30.0 Å². The zero-order valence-electron chi connectivity index (χ0n) is 11.1. The van der Waals surface area contributed by atoms with Crippen LogP contribution in [0.2, 0.25) is 5.02 Å². The van der Waals surface area contributed by atoms with Crippen LogP contribution >= 0.6 is 11.6 Å². The zero-order valence-corrected chi connectivity index (χ0v) is 11.9. The first-order valence-electron chi connectivity index (χ1n) is 6.53. The third kappa shape index (κ3) is 3.85. The van der Waals surface area contributed by atoms with E-state index < -0.39 is 0 Å². The summed E-state index contributed by atoms with van der Waals surface area (Å²) in [6.45, 7) is 5.29. The number of hydrogen-bond donors (Lipinski definition) is 1. The van der Waals surface area contributed by atoms with Crippen LogP contribution < -0.4 is 5.32 Å². The highest BCUT2D eigenvalue weighted by atomic mass is 35.5. The lowest BCUT2D eigenvalue weighted by molar-refractivity contribution is -0.134. The molecule has 0 bridgehead atoms. The van der Waals surface area contributed by atoms with Gasteiger partial charge < -0.3 is 15.0 Å². The average Bonchev–Trinajstić information content (AvgIpc) is 2.44. The van der Waals surface area contributed by atoms with E-state index in [0.29, 0.717) is 39.3 Å². The van der Waals surface area contributed by atoms with E-state index in [-0.39, 0.29) is 5.91 Å². The Bertz CT molecular complexity index is 445. The summed E-state index contributed by atoms with van der Waals surface area (Å²) in [6.07, 6.45) is 0.492. The Morgan fingerprint density at radius 3 is 2.89 bits per heavy atom. The van der Waals surface area contributed by atoms with Crippen LogP contribution in [0.1, 0.15) is 12.0 Å². The molecule has 19 heavy (non-hydrogen) atoms. The van der Waals surface area contributed by atoms with E-state index >= 15 is 0 Å². The number of carbonyl (C=O) groups excluding carboxylic acids is 1. The minimum atomic E-state index is 0.176. The van der Waals surface area contributed by atoms with Gasteiger partial charge in [0.25, 0.3) is 0 Å². The van der Waals surface area contributed by atoms with Crippen molar-refractivity contribution in [1.82, 2.24) is 4.90 Å². The van der Waals surface area contributed by atoms with Crippen molar-refractivity contribution in [2.24, 2.45) is 0 Å². The number of carbonyl (C=O) groups is 1. The van der Waals surface area contributed by atoms with Crippen LogP contribution in [0, 0.1) is 6.92 Å². The van der Waals surface area contributed by atoms with Gasteiger partial charge in [-0.1, -0.05) is 17.7 Å². The Hall–Kier alpha value is -1.26. The molecule has 4 nitrogen and oxygen atoms in total. The first-order valence-corrected chi connectivity index (χ1v) is 6.91. The number of nitrogens with zero attached hydrogens (tertiary/aromatic N) is 1. The molecule has 0 aromatic heterocycles. The number of anilines is 1. The summed E-state index contributed by atoms with van der Waals surface area (Å²) < 4.78 is 5.23. The standard InChI is InChI=1S/C14H19ClN2O2/c1-11-12(15)3-2-4-13(11)16-6-5-14(18)17-7-9-19-10-8-17/h2-4,16H,5-10H2,1H3. The van der Waals surface area contributed by atoms with Gasteiger partial charge in [-0.05, 0) is 24.6 Å². The number of nitrogens with one attached hydrogen (secondary N) is 1. The van der Waals surface area contributed by atoms with Gasteiger partial charge in [0.05, 0.1) is 13.2 Å². The fourth-order valence-electron chi connectivity index (χ4n) is 2.07. The number of hydrogen-bond acceptors (Lipinski definition) is 3. The maximum absolute atomic E-state index is 11.9. The largest absolute Gasteiger partial charge is 0.384 e. The van der Waals surface area contributed by atoms with Crippen molar-refractivity contribution < 1.29 is 9.53 Å². The summed E-state index contributed by atoms with van der Waals surface area (Å²) in [5.74, 6) is 0.176. The Balaban J connectivity index is 1.79. The Kier molecular flexibility index (Phi) is 5.05. The molecule has 1 N–H and O–H groups in total. The van der Waals surface area contributed by atoms with Crippen LogP contribution in [0.5, 0.6) is 0 Å². The fraction of sp³-hybridized carbons (Fsp3) is 0.500. The van der Waals surface area contributed by atoms with Crippen molar-refractivity contribution in [2.75, 3.05) is 38.2 Å². The van der Waals surface area contributed by atoms with E-state index in [9.17, 15) is 4.79 Å². The molecule has 1 fully saturated rings. The monoisotopic (exact) mass is 282 g/mol. The SMILES string of the molecule is Cc1c(Cl)cccc1NCCC(=O)N1CCOCC1. The first kappa shape index (κ1) is 14.2. The molecule has 1 saturated heterocycles. The van der Waals surface area contributed by atoms with Gasteiger partial charge in [0.1, 0.15) is 0 Å². The summed E-state index contributed by atoms with van der Waals surface area (Å²) in [7, 11) is 0. The van der Waals surface area contributed by atoms with Crippen molar-refractivity contribution in [1.29, 1.82) is 0 Å². The molecule has 0 atom stereocenters. The molecule has 1 aliphatic rings. The van der Waals surface area contributed by atoms with Crippen LogP contribution in [0.15, 0.2) is 18.2 Å². The molecular formula is C14H19ClN2O2. The highest BCUT2D eigenvalue weighted by Crippen LogP contribution is 2.22. The lowest BCUT2D eigenvalue weighted by Crippen LogP contribution is -2.41. The van der Waals surface area contributed by atoms with Crippen molar-refractivity contribution in [3.63, 3.8) is 0 Å². The normalized spacial score (nSPS) is 15.4. The lowest BCUT2D eigenvalue weighted by atomic mass is 10.2. The smallest absolute Gasteiger partial charge is 0.224 e. The third-order valence-corrected chi connectivity index (χ3v) is 3.70. The molecule has 1 amide bonds. The molecule has 0 spiro atoms. The van der Waals surface area contributed by atoms with Crippen LogP contribution in [0.25, 0.3) is 0 Å². The highest BCUT2D eigenvalue weighted by Gasteiger charge is 2.16. The van der Waals surface area contributed by atoms with E-state index in [1.54, 1.807) is 0 Å². The molecule has 0 saturated carbocycles. The van der Waals surface area contributed by atoms with Crippen LogP contribution in [-0.4, -0.2) is 43.7 Å². The second-order valence-corrected chi connectivity index (χ2v) is 4.99. The van der Waals surface area contributed by atoms with Crippen LogP contribution in [0.4, 0.5) is 5.69 Å². The maximum Gasteiger partial charge on any atom is 0.224 e. The molecule has 2 rings (SSSR count). The Morgan fingerprint density at radius 1 is 1.42 bits per heavy atom. The van der Waals surface area contributed by atoms with Crippen molar-refractivity contribution >= 4 is 23.2 Å². The molecule has 0 unspecified atom stereocenters. The summed E-state index contributed by atoms with van der Waals surface area (Å²) >= 11 is 6.05. The van der Waals surface area contributed by atoms with Gasteiger partial charge in [0.2, 0.25) is 5.91 Å². The lowest BCUT2D eigenvalue weighted by Gasteiger charge is -2.27. The van der Waals surface area contributed by atoms with Crippen molar-refractivity contribution in [2.45, 2.75) is 13.3 Å². The van der Waals surface area contributed by atoms with Gasteiger partial charge in [-0.2, -0.15) is 0 Å². The fourth-order valence-corrected chi connectivity index (χ4v) is 2.25. The van der Waals surface area contributed by atoms with E-state index in [1.165, 1.54) is 0 Å². The second-order valence-electron chi connectivity index (χ2n) is 4.58. The zero-order chi connectivity index (χ0) is 13.7. The quantitative estimate of drug-likeness (QED) is 0.921. The predicted molar refractivity (Wildman–Crippen MR) is 76.7 cm³/mol. The minimum Gasteiger partial charge on any atom is -0.384 e. The van der Waals surface area contributed by atoms with Gasteiger partial charge >= 0.3 is 0 Å². The number of rotatable bonds is 4. The topological polar surface area (TPSA) is 41.6 Å². The number of benzene rings is 1. The Labute approximate surface area is 118 Å². The first-order chi connectivity index (χ1) is 9.18. The number of halogens is 1. The summed E-state index contributed by atoms with van der Waals surface area (Å²) in [5.41, 5.74) is 2.00. The highest BCUT2D eigenvalue weighted by molar-refractivity contribution is 6.31. The Morgan fingerprint density at radius 2 is 2.16 bits per heavy atom.